The lowest BCUT2D eigenvalue weighted by Crippen LogP contribution is -2.02. The summed E-state index contributed by atoms with van der Waals surface area (Å²) in [7, 11) is 1.64. The fourth-order valence-electron chi connectivity index (χ4n) is 3.66. The number of nitrogens with two attached hydrogens (primary N) is 1. The Morgan fingerprint density at radius 2 is 1.72 bits per heavy atom. The molecule has 3 heterocycles. The Balaban J connectivity index is 1.74. The lowest BCUT2D eigenvalue weighted by atomic mass is 10.1. The van der Waals surface area contributed by atoms with Gasteiger partial charge in [-0.3, -0.25) is 4.57 Å². The Hall–Kier alpha value is -4.23. The van der Waals surface area contributed by atoms with Crippen LogP contribution in [0.15, 0.2) is 79.0 Å². The number of benzene rings is 2. The van der Waals surface area contributed by atoms with Crippen LogP contribution in [0.1, 0.15) is 5.56 Å². The summed E-state index contributed by atoms with van der Waals surface area (Å²) in [5.41, 5.74) is 11.8. The summed E-state index contributed by atoms with van der Waals surface area (Å²) in [6.45, 7) is -0.0206. The molecule has 0 bridgehead atoms. The Labute approximate surface area is 184 Å². The molecule has 5 rings (SSSR count). The summed E-state index contributed by atoms with van der Waals surface area (Å²) in [5.74, 6) is 1.84. The fourth-order valence-corrected chi connectivity index (χ4v) is 3.66. The summed E-state index contributed by atoms with van der Waals surface area (Å²) in [4.78, 5) is 14.0. The average Bonchev–Trinajstić information content (AvgIpc) is 3.23. The van der Waals surface area contributed by atoms with Crippen molar-refractivity contribution in [2.45, 2.75) is 6.61 Å². The standard InChI is InChI=1S/C25H21N5O2/c1-32-19-10-6-17(7-11-19)21-12-13-22-25(28-21)30(18-8-4-16(15-31)5-9-18)24(29-22)20-3-2-14-27-23(20)26/h2-14,31H,15H2,1H3,(H2,26,27). The Morgan fingerprint density at radius 3 is 2.41 bits per heavy atom. The lowest BCUT2D eigenvalue weighted by molar-refractivity contribution is 0.282. The highest BCUT2D eigenvalue weighted by Crippen LogP contribution is 2.32. The van der Waals surface area contributed by atoms with Gasteiger partial charge in [0.1, 0.15) is 17.1 Å². The van der Waals surface area contributed by atoms with Gasteiger partial charge in [-0.1, -0.05) is 12.1 Å². The van der Waals surface area contributed by atoms with Crippen LogP contribution in [0.5, 0.6) is 5.75 Å². The van der Waals surface area contributed by atoms with E-state index in [-0.39, 0.29) is 6.61 Å². The minimum absolute atomic E-state index is 0.0206. The topological polar surface area (TPSA) is 99.1 Å². The molecule has 0 unspecified atom stereocenters. The van der Waals surface area contributed by atoms with Gasteiger partial charge < -0.3 is 15.6 Å². The summed E-state index contributed by atoms with van der Waals surface area (Å²) >= 11 is 0. The van der Waals surface area contributed by atoms with Crippen molar-refractivity contribution in [2.75, 3.05) is 12.8 Å². The predicted octanol–water partition coefficient (Wildman–Crippen LogP) is 4.23. The van der Waals surface area contributed by atoms with Crippen LogP contribution in [-0.2, 0) is 6.61 Å². The van der Waals surface area contributed by atoms with Gasteiger partial charge in [-0.05, 0) is 66.2 Å². The molecule has 5 aromatic rings. The molecule has 3 aromatic heterocycles. The second kappa shape index (κ2) is 8.13. The van der Waals surface area contributed by atoms with Gasteiger partial charge in [0.25, 0.3) is 0 Å². The normalized spacial score (nSPS) is 11.1. The number of anilines is 1. The molecule has 158 valence electrons. The van der Waals surface area contributed by atoms with E-state index in [0.29, 0.717) is 17.3 Å². The molecule has 2 aromatic carbocycles. The third-order valence-electron chi connectivity index (χ3n) is 5.35. The molecular formula is C25H21N5O2. The quantitative estimate of drug-likeness (QED) is 0.439. The number of nitrogens with zero attached hydrogens (tertiary/aromatic N) is 4. The van der Waals surface area contributed by atoms with Crippen molar-refractivity contribution in [2.24, 2.45) is 0 Å². The van der Waals surface area contributed by atoms with E-state index in [1.165, 1.54) is 0 Å². The van der Waals surface area contributed by atoms with Crippen LogP contribution < -0.4 is 10.5 Å². The smallest absolute Gasteiger partial charge is 0.165 e. The average molecular weight is 423 g/mol. The molecule has 0 amide bonds. The number of hydrogen-bond donors (Lipinski definition) is 2. The number of methoxy groups -OCH3 is 1. The van der Waals surface area contributed by atoms with Crippen LogP contribution >= 0.6 is 0 Å². The Kier molecular flexibility index (Phi) is 5.01. The van der Waals surface area contributed by atoms with Crippen LogP contribution in [-0.4, -0.2) is 31.7 Å². The number of aliphatic hydroxyl groups excluding tert-OH is 1. The maximum absolute atomic E-state index is 9.43. The second-order valence-electron chi connectivity index (χ2n) is 7.30. The van der Waals surface area contributed by atoms with Gasteiger partial charge in [-0.25, -0.2) is 15.0 Å². The van der Waals surface area contributed by atoms with Crippen LogP contribution in [0.3, 0.4) is 0 Å². The van der Waals surface area contributed by atoms with Crippen LogP contribution in [0.4, 0.5) is 5.82 Å². The minimum atomic E-state index is -0.0206. The van der Waals surface area contributed by atoms with E-state index in [1.807, 2.05) is 77.4 Å². The van der Waals surface area contributed by atoms with Gasteiger partial charge in [-0.2, -0.15) is 0 Å². The molecule has 0 fully saturated rings. The number of nitrogen functional groups attached to an aromatic ring is 1. The van der Waals surface area contributed by atoms with Crippen molar-refractivity contribution in [3.63, 3.8) is 0 Å². The van der Waals surface area contributed by atoms with Crippen LogP contribution in [0.2, 0.25) is 0 Å². The number of ether oxygens (including phenoxy) is 1. The van der Waals surface area contributed by atoms with E-state index in [0.717, 1.165) is 39.3 Å². The lowest BCUT2D eigenvalue weighted by Gasteiger charge is -2.11. The number of aromatic nitrogens is 4. The first kappa shape index (κ1) is 19.7. The molecule has 3 N–H and O–H groups in total. The van der Waals surface area contributed by atoms with Gasteiger partial charge in [0.15, 0.2) is 11.5 Å². The van der Waals surface area contributed by atoms with Crippen molar-refractivity contribution >= 4 is 17.0 Å². The zero-order valence-corrected chi connectivity index (χ0v) is 17.4. The van der Waals surface area contributed by atoms with Crippen molar-refractivity contribution in [1.29, 1.82) is 0 Å². The van der Waals surface area contributed by atoms with E-state index >= 15 is 0 Å². The third kappa shape index (κ3) is 3.44. The largest absolute Gasteiger partial charge is 0.497 e. The van der Waals surface area contributed by atoms with Crippen LogP contribution in [0.25, 0.3) is 39.5 Å². The number of pyridine rings is 2. The zero-order valence-electron chi connectivity index (χ0n) is 17.4. The highest BCUT2D eigenvalue weighted by atomic mass is 16.5. The fraction of sp³-hybridized carbons (Fsp3) is 0.0800. The van der Waals surface area contributed by atoms with Crippen molar-refractivity contribution in [3.05, 3.63) is 84.6 Å². The number of aliphatic hydroxyl groups is 1. The van der Waals surface area contributed by atoms with E-state index in [1.54, 1.807) is 13.3 Å². The third-order valence-corrected chi connectivity index (χ3v) is 5.35. The molecule has 7 heteroatoms. The van der Waals surface area contributed by atoms with E-state index < -0.39 is 0 Å². The maximum atomic E-state index is 9.43. The molecule has 0 aliphatic carbocycles. The zero-order chi connectivity index (χ0) is 22.1. The number of hydrogen-bond acceptors (Lipinski definition) is 6. The summed E-state index contributed by atoms with van der Waals surface area (Å²) in [6, 6.07) is 23.0. The molecule has 7 nitrogen and oxygen atoms in total. The molecule has 0 saturated heterocycles. The molecule has 0 radical (unpaired) electrons. The summed E-state index contributed by atoms with van der Waals surface area (Å²) in [5, 5.41) is 9.43. The van der Waals surface area contributed by atoms with Crippen molar-refractivity contribution < 1.29 is 9.84 Å². The van der Waals surface area contributed by atoms with E-state index in [9.17, 15) is 5.11 Å². The molecular weight excluding hydrogens is 402 g/mol. The van der Waals surface area contributed by atoms with Gasteiger partial charge in [0, 0.05) is 17.4 Å². The van der Waals surface area contributed by atoms with Gasteiger partial charge in [0.05, 0.1) is 25.0 Å². The molecule has 0 atom stereocenters. The highest BCUT2D eigenvalue weighted by molar-refractivity contribution is 5.84. The van der Waals surface area contributed by atoms with Crippen LogP contribution in [0, 0.1) is 0 Å². The maximum Gasteiger partial charge on any atom is 0.165 e. The van der Waals surface area contributed by atoms with Crippen molar-refractivity contribution in [1.82, 2.24) is 19.5 Å². The summed E-state index contributed by atoms with van der Waals surface area (Å²) < 4.78 is 7.23. The predicted molar refractivity (Wildman–Crippen MR) is 124 cm³/mol. The monoisotopic (exact) mass is 423 g/mol. The van der Waals surface area contributed by atoms with Gasteiger partial charge in [0.2, 0.25) is 0 Å². The Morgan fingerprint density at radius 1 is 0.938 bits per heavy atom. The van der Waals surface area contributed by atoms with E-state index in [2.05, 4.69) is 4.98 Å². The molecule has 0 aliphatic heterocycles. The Bertz CT molecular complexity index is 1390. The number of rotatable bonds is 5. The van der Waals surface area contributed by atoms with Crippen molar-refractivity contribution in [3.8, 4) is 34.1 Å². The SMILES string of the molecule is COc1ccc(-c2ccc3nc(-c4cccnc4N)n(-c4ccc(CO)cc4)c3n2)cc1. The first-order valence-electron chi connectivity index (χ1n) is 10.1. The number of imidazole rings is 1. The number of fused-ring (bicyclic) bond motifs is 1. The summed E-state index contributed by atoms with van der Waals surface area (Å²) in [6.07, 6.45) is 1.65. The molecule has 32 heavy (non-hydrogen) atoms. The minimum Gasteiger partial charge on any atom is -0.497 e. The molecule has 0 saturated carbocycles. The van der Waals surface area contributed by atoms with Gasteiger partial charge in [-0.15, -0.1) is 0 Å². The first-order chi connectivity index (χ1) is 15.7. The highest BCUT2D eigenvalue weighted by Gasteiger charge is 2.18. The molecule has 0 aliphatic rings. The first-order valence-corrected chi connectivity index (χ1v) is 10.1. The molecule has 0 spiro atoms. The van der Waals surface area contributed by atoms with Gasteiger partial charge >= 0.3 is 0 Å². The second-order valence-corrected chi connectivity index (χ2v) is 7.30. The van der Waals surface area contributed by atoms with E-state index in [4.69, 9.17) is 20.4 Å².